The standard InChI is InChI=1S/C15H24N4O2/c16-15(6-2-1-3-7-15)14(20)18-12-9-17-19(10-12)11-13-5-4-8-21-13/h9-10,13H,1-8,11,16H2,(H,18,20). The average molecular weight is 292 g/mol. The van der Waals surface area contributed by atoms with Crippen LogP contribution in [0.15, 0.2) is 12.4 Å². The van der Waals surface area contributed by atoms with Crippen molar-refractivity contribution in [3.05, 3.63) is 12.4 Å². The molecule has 1 aromatic heterocycles. The first kappa shape index (κ1) is 14.5. The molecule has 1 amide bonds. The summed E-state index contributed by atoms with van der Waals surface area (Å²) in [4.78, 5) is 12.3. The summed E-state index contributed by atoms with van der Waals surface area (Å²) < 4.78 is 7.42. The van der Waals surface area contributed by atoms with Crippen molar-refractivity contribution in [3.63, 3.8) is 0 Å². The van der Waals surface area contributed by atoms with Gasteiger partial charge in [-0.2, -0.15) is 5.10 Å². The maximum absolute atomic E-state index is 12.3. The van der Waals surface area contributed by atoms with Gasteiger partial charge in [-0.3, -0.25) is 9.48 Å². The zero-order chi connectivity index (χ0) is 14.7. The van der Waals surface area contributed by atoms with Crippen LogP contribution in [0.3, 0.4) is 0 Å². The van der Waals surface area contributed by atoms with Gasteiger partial charge in [0.1, 0.15) is 0 Å². The molecule has 1 aliphatic heterocycles. The monoisotopic (exact) mass is 292 g/mol. The van der Waals surface area contributed by atoms with Crippen LogP contribution in [0.2, 0.25) is 0 Å². The van der Waals surface area contributed by atoms with Gasteiger partial charge in [0, 0.05) is 12.8 Å². The van der Waals surface area contributed by atoms with Crippen molar-refractivity contribution in [1.29, 1.82) is 0 Å². The van der Waals surface area contributed by atoms with Gasteiger partial charge in [0.05, 0.1) is 30.1 Å². The maximum Gasteiger partial charge on any atom is 0.244 e. The van der Waals surface area contributed by atoms with E-state index in [-0.39, 0.29) is 12.0 Å². The number of carbonyl (C=O) groups excluding carboxylic acids is 1. The summed E-state index contributed by atoms with van der Waals surface area (Å²) >= 11 is 0. The molecule has 1 aliphatic carbocycles. The quantitative estimate of drug-likeness (QED) is 0.884. The van der Waals surface area contributed by atoms with E-state index in [1.807, 2.05) is 10.9 Å². The predicted molar refractivity (Wildman–Crippen MR) is 79.8 cm³/mol. The highest BCUT2D eigenvalue weighted by Gasteiger charge is 2.35. The van der Waals surface area contributed by atoms with Gasteiger partial charge in [-0.1, -0.05) is 19.3 Å². The summed E-state index contributed by atoms with van der Waals surface area (Å²) in [6.07, 6.45) is 10.7. The van der Waals surface area contributed by atoms with Crippen LogP contribution in [0.5, 0.6) is 0 Å². The number of aromatic nitrogens is 2. The molecule has 0 aromatic carbocycles. The lowest BCUT2D eigenvalue weighted by molar-refractivity contribution is -0.122. The fourth-order valence-electron chi connectivity index (χ4n) is 3.19. The van der Waals surface area contributed by atoms with Crippen molar-refractivity contribution in [1.82, 2.24) is 9.78 Å². The molecule has 0 bridgehead atoms. The molecular formula is C15H24N4O2. The summed E-state index contributed by atoms with van der Waals surface area (Å²) in [5, 5.41) is 7.19. The molecule has 1 unspecified atom stereocenters. The van der Waals surface area contributed by atoms with Gasteiger partial charge in [-0.15, -0.1) is 0 Å². The zero-order valence-corrected chi connectivity index (χ0v) is 12.4. The van der Waals surface area contributed by atoms with E-state index in [1.165, 1.54) is 6.42 Å². The second-order valence-corrected chi connectivity index (χ2v) is 6.26. The molecule has 116 valence electrons. The Bertz CT molecular complexity index is 488. The summed E-state index contributed by atoms with van der Waals surface area (Å²) in [5.74, 6) is -0.0844. The Kier molecular flexibility index (Phi) is 4.26. The normalized spacial score (nSPS) is 24.9. The number of carbonyl (C=O) groups is 1. The van der Waals surface area contributed by atoms with Crippen molar-refractivity contribution < 1.29 is 9.53 Å². The molecule has 3 N–H and O–H groups in total. The second kappa shape index (κ2) is 6.15. The highest BCUT2D eigenvalue weighted by molar-refractivity contribution is 5.97. The van der Waals surface area contributed by atoms with Crippen LogP contribution in [0, 0.1) is 0 Å². The third-order valence-corrected chi connectivity index (χ3v) is 4.50. The Morgan fingerprint density at radius 3 is 2.95 bits per heavy atom. The van der Waals surface area contributed by atoms with E-state index in [0.29, 0.717) is 5.69 Å². The molecule has 1 saturated heterocycles. The molecule has 6 heteroatoms. The lowest BCUT2D eigenvalue weighted by Gasteiger charge is -2.31. The van der Waals surface area contributed by atoms with Gasteiger partial charge in [0.25, 0.3) is 0 Å². The number of hydrogen-bond donors (Lipinski definition) is 2. The van der Waals surface area contributed by atoms with Crippen LogP contribution >= 0.6 is 0 Å². The number of nitrogens with one attached hydrogen (secondary N) is 1. The number of anilines is 1. The van der Waals surface area contributed by atoms with E-state index in [4.69, 9.17) is 10.5 Å². The van der Waals surface area contributed by atoms with E-state index in [0.717, 1.165) is 51.7 Å². The number of amides is 1. The molecule has 2 fully saturated rings. The Morgan fingerprint density at radius 2 is 2.24 bits per heavy atom. The molecule has 21 heavy (non-hydrogen) atoms. The first-order valence-corrected chi connectivity index (χ1v) is 7.90. The molecule has 1 atom stereocenters. The van der Waals surface area contributed by atoms with Crippen LogP contribution in [-0.2, 0) is 16.1 Å². The predicted octanol–water partition coefficient (Wildman–Crippen LogP) is 1.66. The fourth-order valence-corrected chi connectivity index (χ4v) is 3.19. The number of ether oxygens (including phenoxy) is 1. The van der Waals surface area contributed by atoms with Crippen LogP contribution in [0.4, 0.5) is 5.69 Å². The number of hydrogen-bond acceptors (Lipinski definition) is 4. The molecule has 0 radical (unpaired) electrons. The summed E-state index contributed by atoms with van der Waals surface area (Å²) in [6, 6.07) is 0. The Hall–Kier alpha value is -1.40. The third kappa shape index (κ3) is 3.44. The molecule has 1 saturated carbocycles. The molecule has 2 heterocycles. The minimum atomic E-state index is -0.713. The lowest BCUT2D eigenvalue weighted by atomic mass is 9.82. The van der Waals surface area contributed by atoms with Crippen LogP contribution in [0.1, 0.15) is 44.9 Å². The highest BCUT2D eigenvalue weighted by atomic mass is 16.5. The fraction of sp³-hybridized carbons (Fsp3) is 0.733. The first-order chi connectivity index (χ1) is 10.2. The van der Waals surface area contributed by atoms with Crippen molar-refractivity contribution >= 4 is 11.6 Å². The molecular weight excluding hydrogens is 268 g/mol. The first-order valence-electron chi connectivity index (χ1n) is 7.90. The molecule has 0 spiro atoms. The van der Waals surface area contributed by atoms with Crippen LogP contribution in [0.25, 0.3) is 0 Å². The summed E-state index contributed by atoms with van der Waals surface area (Å²) in [5.41, 5.74) is 6.23. The summed E-state index contributed by atoms with van der Waals surface area (Å²) in [7, 11) is 0. The Morgan fingerprint density at radius 1 is 1.43 bits per heavy atom. The van der Waals surface area contributed by atoms with E-state index in [9.17, 15) is 4.79 Å². The van der Waals surface area contributed by atoms with Gasteiger partial charge in [-0.25, -0.2) is 0 Å². The third-order valence-electron chi connectivity index (χ3n) is 4.50. The van der Waals surface area contributed by atoms with Crippen molar-refractivity contribution in [2.45, 2.75) is 63.1 Å². The number of nitrogens with zero attached hydrogens (tertiary/aromatic N) is 2. The minimum Gasteiger partial charge on any atom is -0.376 e. The lowest BCUT2D eigenvalue weighted by Crippen LogP contribution is -2.52. The minimum absolute atomic E-state index is 0.0844. The maximum atomic E-state index is 12.3. The SMILES string of the molecule is NC1(C(=O)Nc2cnn(CC3CCCO3)c2)CCCCC1. The molecule has 1 aromatic rings. The second-order valence-electron chi connectivity index (χ2n) is 6.26. The zero-order valence-electron chi connectivity index (χ0n) is 12.4. The van der Waals surface area contributed by atoms with Crippen molar-refractivity contribution in [2.24, 2.45) is 5.73 Å². The van der Waals surface area contributed by atoms with Gasteiger partial charge in [0.2, 0.25) is 5.91 Å². The topological polar surface area (TPSA) is 82.2 Å². The van der Waals surface area contributed by atoms with E-state index in [2.05, 4.69) is 10.4 Å². The smallest absolute Gasteiger partial charge is 0.244 e. The van der Waals surface area contributed by atoms with Crippen LogP contribution in [-0.4, -0.2) is 33.9 Å². The average Bonchev–Trinajstić information content (AvgIpc) is 3.12. The molecule has 2 aliphatic rings. The van der Waals surface area contributed by atoms with Crippen molar-refractivity contribution in [2.75, 3.05) is 11.9 Å². The Balaban J connectivity index is 1.57. The Labute approximate surface area is 125 Å². The highest BCUT2D eigenvalue weighted by Crippen LogP contribution is 2.27. The summed E-state index contributed by atoms with van der Waals surface area (Å²) in [6.45, 7) is 1.58. The van der Waals surface area contributed by atoms with Crippen LogP contribution < -0.4 is 11.1 Å². The molecule has 3 rings (SSSR count). The van der Waals surface area contributed by atoms with Gasteiger partial charge < -0.3 is 15.8 Å². The van der Waals surface area contributed by atoms with Crippen molar-refractivity contribution in [3.8, 4) is 0 Å². The molecule has 6 nitrogen and oxygen atoms in total. The van der Waals surface area contributed by atoms with Gasteiger partial charge in [0.15, 0.2) is 0 Å². The van der Waals surface area contributed by atoms with E-state index in [1.54, 1.807) is 6.20 Å². The van der Waals surface area contributed by atoms with Gasteiger partial charge >= 0.3 is 0 Å². The van der Waals surface area contributed by atoms with E-state index < -0.39 is 5.54 Å². The largest absolute Gasteiger partial charge is 0.376 e. The number of rotatable bonds is 4. The number of nitrogens with two attached hydrogens (primary N) is 1. The van der Waals surface area contributed by atoms with E-state index >= 15 is 0 Å². The van der Waals surface area contributed by atoms with Gasteiger partial charge in [-0.05, 0) is 25.7 Å².